The third kappa shape index (κ3) is 2.57. The number of benzene rings is 1. The molecule has 0 amide bonds. The zero-order valence-corrected chi connectivity index (χ0v) is 9.43. The van der Waals surface area contributed by atoms with Gasteiger partial charge in [0.15, 0.2) is 0 Å². The van der Waals surface area contributed by atoms with Gasteiger partial charge in [-0.2, -0.15) is 9.79 Å². The van der Waals surface area contributed by atoms with E-state index in [-0.39, 0.29) is 19.5 Å². The van der Waals surface area contributed by atoms with Crippen molar-refractivity contribution in [3.63, 3.8) is 0 Å². The summed E-state index contributed by atoms with van der Waals surface area (Å²) in [7, 11) is 0. The van der Waals surface area contributed by atoms with Crippen molar-refractivity contribution in [2.75, 3.05) is 0 Å². The summed E-state index contributed by atoms with van der Waals surface area (Å²) < 4.78 is 0. The molecule has 0 aromatic heterocycles. The minimum Gasteiger partial charge on any atom is -0.781 e. The van der Waals surface area contributed by atoms with Crippen molar-refractivity contribution in [2.24, 2.45) is 0 Å². The van der Waals surface area contributed by atoms with E-state index in [4.69, 9.17) is 25.3 Å². The second-order valence-electron chi connectivity index (χ2n) is 1.45. The van der Waals surface area contributed by atoms with E-state index in [2.05, 4.69) is 0 Å². The summed E-state index contributed by atoms with van der Waals surface area (Å²) in [5, 5.41) is 0. The normalized spacial score (nSPS) is 8.00. The van der Waals surface area contributed by atoms with E-state index in [1.54, 1.807) is 0 Å². The van der Waals surface area contributed by atoms with Crippen LogP contribution in [0.2, 0.25) is 0 Å². The van der Waals surface area contributed by atoms with E-state index in [1.807, 2.05) is 24.3 Å². The van der Waals surface area contributed by atoms with Gasteiger partial charge in [0.1, 0.15) is 0 Å². The predicted molar refractivity (Wildman–Crippen MR) is 37.7 cm³/mol. The van der Waals surface area contributed by atoms with Crippen molar-refractivity contribution in [3.05, 3.63) is 24.3 Å². The van der Waals surface area contributed by atoms with Crippen LogP contribution >= 0.6 is 0 Å². The molecule has 0 N–H and O–H groups in total. The Labute approximate surface area is 78.6 Å². The van der Waals surface area contributed by atoms with Crippen molar-refractivity contribution >= 4 is 25.3 Å². The molecule has 0 aliphatic rings. The first-order valence-corrected chi connectivity index (χ1v) is 3.05. The van der Waals surface area contributed by atoms with Gasteiger partial charge in [-0.25, -0.2) is 0 Å². The second-order valence-corrected chi connectivity index (χ2v) is 2.33. The average molecular weight is 206 g/mol. The first-order valence-electron chi connectivity index (χ1n) is 2.24. The smallest absolute Gasteiger partial charge is 0.781 e. The molecule has 0 bridgehead atoms. The Balaban J connectivity index is 0.000000640. The fourth-order valence-electron chi connectivity index (χ4n) is 0.450. The van der Waals surface area contributed by atoms with Crippen LogP contribution in [0.3, 0.4) is 0 Å². The summed E-state index contributed by atoms with van der Waals surface area (Å²) in [6.45, 7) is 0. The van der Waals surface area contributed by atoms with Crippen LogP contribution < -0.4 is 0 Å². The SMILES string of the molecule is [S-]c1ccccc1[S-].[Zn+2]. The molecule has 42 valence electrons. The minimum absolute atomic E-state index is 0. The summed E-state index contributed by atoms with van der Waals surface area (Å²) in [5.74, 6) is 0. The van der Waals surface area contributed by atoms with Crippen molar-refractivity contribution in [1.82, 2.24) is 0 Å². The Bertz CT molecular complexity index is 167. The molecule has 9 heavy (non-hydrogen) atoms. The van der Waals surface area contributed by atoms with Gasteiger partial charge in [0.2, 0.25) is 0 Å². The van der Waals surface area contributed by atoms with Gasteiger partial charge in [-0.05, 0) is 0 Å². The van der Waals surface area contributed by atoms with E-state index in [0.29, 0.717) is 0 Å². The van der Waals surface area contributed by atoms with E-state index in [0.717, 1.165) is 9.79 Å². The Morgan fingerprint density at radius 3 is 1.44 bits per heavy atom. The summed E-state index contributed by atoms with van der Waals surface area (Å²) in [5.41, 5.74) is 0. The topological polar surface area (TPSA) is 0 Å². The largest absolute Gasteiger partial charge is 2.00 e. The van der Waals surface area contributed by atoms with Gasteiger partial charge in [0.05, 0.1) is 0 Å². The standard InChI is InChI=1S/C6H6S2.Zn/c7-5-3-1-2-4-6(5)8;/h1-4,7-8H;/q;+2/p-2. The van der Waals surface area contributed by atoms with Crippen LogP contribution in [0.5, 0.6) is 0 Å². The van der Waals surface area contributed by atoms with Crippen LogP contribution in [0, 0.1) is 0 Å². The van der Waals surface area contributed by atoms with Crippen LogP contribution in [0.1, 0.15) is 0 Å². The molecule has 3 heteroatoms. The maximum absolute atomic E-state index is 4.85. The fraction of sp³-hybridized carbons (Fsp3) is 0. The molecule has 1 rings (SSSR count). The molecule has 0 nitrogen and oxygen atoms in total. The molecule has 0 spiro atoms. The molecule has 0 saturated carbocycles. The fourth-order valence-corrected chi connectivity index (χ4v) is 0.743. The van der Waals surface area contributed by atoms with Gasteiger partial charge in [0, 0.05) is 0 Å². The number of hydrogen-bond donors (Lipinski definition) is 0. The van der Waals surface area contributed by atoms with Crippen molar-refractivity contribution in [2.45, 2.75) is 9.79 Å². The zero-order valence-electron chi connectivity index (χ0n) is 4.83. The van der Waals surface area contributed by atoms with E-state index in [1.165, 1.54) is 0 Å². The van der Waals surface area contributed by atoms with E-state index >= 15 is 0 Å². The Hall–Kier alpha value is 0.283. The monoisotopic (exact) mass is 204 g/mol. The maximum atomic E-state index is 4.85. The predicted octanol–water partition coefficient (Wildman–Crippen LogP) is 1.50. The quantitative estimate of drug-likeness (QED) is 0.465. The molecule has 1 aromatic rings. The summed E-state index contributed by atoms with van der Waals surface area (Å²) in [6, 6.07) is 7.44. The Kier molecular flexibility index (Phi) is 4.29. The van der Waals surface area contributed by atoms with Crippen LogP contribution in [-0.4, -0.2) is 0 Å². The molecule has 0 heterocycles. The van der Waals surface area contributed by atoms with Crippen molar-refractivity contribution < 1.29 is 19.5 Å². The molecular formula is C6H4S2Zn. The zero-order chi connectivity index (χ0) is 5.98. The first kappa shape index (κ1) is 9.28. The maximum Gasteiger partial charge on any atom is 2.00 e. The number of hydrogen-bond acceptors (Lipinski definition) is 2. The Morgan fingerprint density at radius 2 is 1.22 bits per heavy atom. The molecule has 0 radical (unpaired) electrons. The van der Waals surface area contributed by atoms with Crippen molar-refractivity contribution in [3.8, 4) is 0 Å². The van der Waals surface area contributed by atoms with Crippen LogP contribution in [0.25, 0.3) is 0 Å². The second kappa shape index (κ2) is 4.16. The third-order valence-electron chi connectivity index (χ3n) is 0.849. The van der Waals surface area contributed by atoms with Crippen molar-refractivity contribution in [1.29, 1.82) is 0 Å². The molecule has 0 aliphatic heterocycles. The third-order valence-corrected chi connectivity index (χ3v) is 1.69. The average Bonchev–Trinajstić information content (AvgIpc) is 1.77. The van der Waals surface area contributed by atoms with Gasteiger partial charge < -0.3 is 25.3 Å². The van der Waals surface area contributed by atoms with Crippen LogP contribution in [-0.2, 0) is 44.7 Å². The molecule has 0 fully saturated rings. The first-order chi connectivity index (χ1) is 3.80. The number of rotatable bonds is 0. The van der Waals surface area contributed by atoms with E-state index in [9.17, 15) is 0 Å². The molecule has 0 atom stereocenters. The molecular weight excluding hydrogens is 202 g/mol. The van der Waals surface area contributed by atoms with Crippen LogP contribution in [0.4, 0.5) is 0 Å². The van der Waals surface area contributed by atoms with Gasteiger partial charge >= 0.3 is 19.5 Å². The van der Waals surface area contributed by atoms with Gasteiger partial charge in [-0.15, -0.1) is 0 Å². The van der Waals surface area contributed by atoms with Gasteiger partial charge in [-0.3, -0.25) is 0 Å². The summed E-state index contributed by atoms with van der Waals surface area (Å²) >= 11 is 9.70. The van der Waals surface area contributed by atoms with Crippen LogP contribution in [0.15, 0.2) is 34.1 Å². The molecule has 0 saturated heterocycles. The Morgan fingerprint density at radius 1 is 0.889 bits per heavy atom. The van der Waals surface area contributed by atoms with E-state index < -0.39 is 0 Å². The minimum atomic E-state index is 0. The molecule has 0 unspecified atom stereocenters. The summed E-state index contributed by atoms with van der Waals surface area (Å²) in [6.07, 6.45) is 0. The molecule has 0 aliphatic carbocycles. The van der Waals surface area contributed by atoms with Gasteiger partial charge in [-0.1, -0.05) is 24.3 Å². The summed E-state index contributed by atoms with van der Waals surface area (Å²) in [4.78, 5) is 1.53. The molecule has 1 aromatic carbocycles. The van der Waals surface area contributed by atoms with Gasteiger partial charge in [0.25, 0.3) is 0 Å².